The summed E-state index contributed by atoms with van der Waals surface area (Å²) in [6.45, 7) is 2.11. The van der Waals surface area contributed by atoms with Gasteiger partial charge in [0.05, 0.1) is 6.42 Å². The van der Waals surface area contributed by atoms with Gasteiger partial charge in [0.25, 0.3) is 0 Å². The molecule has 0 saturated carbocycles. The number of halogens is 3. The first kappa shape index (κ1) is 26.0. The van der Waals surface area contributed by atoms with Gasteiger partial charge >= 0.3 is 6.36 Å². The van der Waals surface area contributed by atoms with Crippen LogP contribution < -0.4 is 15.0 Å². The third-order valence-electron chi connectivity index (χ3n) is 5.49. The van der Waals surface area contributed by atoms with E-state index in [4.69, 9.17) is 0 Å². The molecule has 1 fully saturated rings. The van der Waals surface area contributed by atoms with E-state index in [0.717, 1.165) is 23.6 Å². The van der Waals surface area contributed by atoms with Gasteiger partial charge in [-0.2, -0.15) is 4.98 Å². The largest absolute Gasteiger partial charge is 0.573 e. The Bertz CT molecular complexity index is 1060. The van der Waals surface area contributed by atoms with E-state index in [2.05, 4.69) is 20.0 Å². The number of aryl methyl sites for hydroxylation is 1. The number of hydrogen-bond acceptors (Lipinski definition) is 7. The van der Waals surface area contributed by atoms with Gasteiger partial charge in [-0.1, -0.05) is 12.1 Å². The number of benzene rings is 1. The molecular formula is C23H29F3N6O3. The van der Waals surface area contributed by atoms with E-state index in [1.165, 1.54) is 21.9 Å². The number of anilines is 2. The maximum atomic E-state index is 13.1. The summed E-state index contributed by atoms with van der Waals surface area (Å²) in [5, 5.41) is 3.24. The monoisotopic (exact) mass is 494 g/mol. The maximum Gasteiger partial charge on any atom is 0.573 e. The smallest absolute Gasteiger partial charge is 0.406 e. The van der Waals surface area contributed by atoms with Gasteiger partial charge in [0.1, 0.15) is 17.6 Å². The molecule has 190 valence electrons. The van der Waals surface area contributed by atoms with Crippen LogP contribution in [-0.4, -0.2) is 84.8 Å². The second kappa shape index (κ2) is 10.4. The summed E-state index contributed by atoms with van der Waals surface area (Å²) >= 11 is 0. The minimum Gasteiger partial charge on any atom is -0.406 e. The molecule has 0 unspecified atom stereocenters. The zero-order valence-electron chi connectivity index (χ0n) is 20.3. The number of carbonyl (C=O) groups is 2. The number of aromatic nitrogens is 2. The number of rotatable bonds is 7. The zero-order chi connectivity index (χ0) is 25.9. The summed E-state index contributed by atoms with van der Waals surface area (Å²) < 4.78 is 41.0. The first-order chi connectivity index (χ1) is 16.3. The van der Waals surface area contributed by atoms with Gasteiger partial charge in [-0.05, 0) is 31.0 Å². The Morgan fingerprint density at radius 1 is 1.14 bits per heavy atom. The lowest BCUT2D eigenvalue weighted by Gasteiger charge is -2.26. The number of likely N-dealkylation sites (N-methyl/N-ethyl adjacent to an activating group) is 1. The molecule has 2 amide bonds. The van der Waals surface area contributed by atoms with Crippen molar-refractivity contribution in [2.24, 2.45) is 0 Å². The summed E-state index contributed by atoms with van der Waals surface area (Å²) in [4.78, 5) is 39.7. The molecule has 9 nitrogen and oxygen atoms in total. The van der Waals surface area contributed by atoms with Crippen molar-refractivity contribution in [2.75, 3.05) is 45.0 Å². The number of hydrogen-bond donors (Lipinski definition) is 1. The van der Waals surface area contributed by atoms with Crippen LogP contribution in [0.4, 0.5) is 24.9 Å². The van der Waals surface area contributed by atoms with Crippen LogP contribution in [0.3, 0.4) is 0 Å². The number of nitrogens with one attached hydrogen (secondary N) is 1. The number of ether oxygens (including phenoxy) is 1. The average molecular weight is 495 g/mol. The lowest BCUT2D eigenvalue weighted by Crippen LogP contribution is -2.46. The van der Waals surface area contributed by atoms with Gasteiger partial charge in [0.15, 0.2) is 0 Å². The molecule has 2 atom stereocenters. The Hall–Kier alpha value is -3.57. The van der Waals surface area contributed by atoms with E-state index in [0.29, 0.717) is 17.9 Å². The fourth-order valence-electron chi connectivity index (χ4n) is 3.86. The summed E-state index contributed by atoms with van der Waals surface area (Å²) in [5.74, 6) is 0.248. The molecule has 0 spiro atoms. The number of likely N-dealkylation sites (tertiary alicyclic amines) is 1. The molecule has 35 heavy (non-hydrogen) atoms. The van der Waals surface area contributed by atoms with E-state index in [9.17, 15) is 22.8 Å². The average Bonchev–Trinajstić information content (AvgIpc) is 3.16. The normalized spacial score (nSPS) is 17.8. The van der Waals surface area contributed by atoms with Gasteiger partial charge in [0, 0.05) is 52.5 Å². The van der Waals surface area contributed by atoms with Crippen molar-refractivity contribution in [3.8, 4) is 5.75 Å². The minimum atomic E-state index is -4.79. The van der Waals surface area contributed by atoms with Crippen LogP contribution in [0.1, 0.15) is 17.7 Å². The summed E-state index contributed by atoms with van der Waals surface area (Å²) in [6.07, 6.45) is -4.49. The fourth-order valence-corrected chi connectivity index (χ4v) is 3.86. The van der Waals surface area contributed by atoms with Gasteiger partial charge in [0.2, 0.25) is 17.8 Å². The molecule has 1 aliphatic heterocycles. The number of nitrogens with zero attached hydrogens (tertiary/aromatic N) is 5. The summed E-state index contributed by atoms with van der Waals surface area (Å²) in [7, 11) is 6.99. The molecule has 0 aliphatic carbocycles. The van der Waals surface area contributed by atoms with Crippen LogP contribution in [0.5, 0.6) is 5.75 Å². The van der Waals surface area contributed by atoms with Gasteiger partial charge in [-0.15, -0.1) is 13.2 Å². The Balaban J connectivity index is 1.74. The van der Waals surface area contributed by atoms with Gasteiger partial charge < -0.3 is 24.8 Å². The van der Waals surface area contributed by atoms with Crippen molar-refractivity contribution in [2.45, 2.75) is 38.2 Å². The second-order valence-corrected chi connectivity index (χ2v) is 8.83. The highest BCUT2D eigenvalue weighted by Crippen LogP contribution is 2.26. The van der Waals surface area contributed by atoms with Gasteiger partial charge in [-0.25, -0.2) is 4.98 Å². The van der Waals surface area contributed by atoms with Crippen LogP contribution in [0.15, 0.2) is 30.3 Å². The molecule has 1 saturated heterocycles. The van der Waals surface area contributed by atoms with Crippen molar-refractivity contribution >= 4 is 23.6 Å². The highest BCUT2D eigenvalue weighted by Gasteiger charge is 2.40. The fraction of sp³-hybridized carbons (Fsp3) is 0.478. The number of carbonyl (C=O) groups excluding carboxylic acids is 2. The Morgan fingerprint density at radius 2 is 1.80 bits per heavy atom. The second-order valence-electron chi connectivity index (χ2n) is 8.83. The third kappa shape index (κ3) is 6.96. The highest BCUT2D eigenvalue weighted by molar-refractivity contribution is 5.89. The van der Waals surface area contributed by atoms with Crippen LogP contribution in [0, 0.1) is 6.92 Å². The van der Waals surface area contributed by atoms with Crippen molar-refractivity contribution in [3.05, 3.63) is 41.6 Å². The van der Waals surface area contributed by atoms with Crippen molar-refractivity contribution in [3.63, 3.8) is 0 Å². The first-order valence-electron chi connectivity index (χ1n) is 11.0. The zero-order valence-corrected chi connectivity index (χ0v) is 20.3. The quantitative estimate of drug-likeness (QED) is 0.632. The lowest BCUT2D eigenvalue weighted by atomic mass is 10.1. The van der Waals surface area contributed by atoms with Crippen LogP contribution in [0.25, 0.3) is 0 Å². The predicted octanol–water partition coefficient (Wildman–Crippen LogP) is 2.46. The van der Waals surface area contributed by atoms with E-state index < -0.39 is 12.4 Å². The molecular weight excluding hydrogens is 465 g/mol. The molecule has 1 N–H and O–H groups in total. The molecule has 1 aromatic carbocycles. The van der Waals surface area contributed by atoms with Crippen LogP contribution in [-0.2, 0) is 16.0 Å². The first-order valence-corrected chi connectivity index (χ1v) is 11.0. The summed E-state index contributed by atoms with van der Waals surface area (Å²) in [5.41, 5.74) is 1.28. The van der Waals surface area contributed by atoms with Crippen molar-refractivity contribution in [1.29, 1.82) is 0 Å². The molecule has 1 aromatic heterocycles. The Morgan fingerprint density at radius 3 is 2.37 bits per heavy atom. The van der Waals surface area contributed by atoms with E-state index in [1.807, 2.05) is 32.0 Å². The van der Waals surface area contributed by atoms with E-state index >= 15 is 0 Å². The molecule has 0 radical (unpaired) electrons. The maximum absolute atomic E-state index is 13.1. The number of amides is 2. The highest BCUT2D eigenvalue weighted by atomic mass is 19.4. The Kier molecular flexibility index (Phi) is 7.71. The van der Waals surface area contributed by atoms with Crippen molar-refractivity contribution < 1.29 is 27.5 Å². The molecule has 2 aromatic rings. The minimum absolute atomic E-state index is 0.0675. The summed E-state index contributed by atoms with van der Waals surface area (Å²) in [6, 6.07) is 6.02. The lowest BCUT2D eigenvalue weighted by molar-refractivity contribution is -0.274. The molecule has 12 heteroatoms. The molecule has 0 bridgehead atoms. The molecule has 3 rings (SSSR count). The third-order valence-corrected chi connectivity index (χ3v) is 5.49. The van der Waals surface area contributed by atoms with Gasteiger partial charge in [-0.3, -0.25) is 9.59 Å². The van der Waals surface area contributed by atoms with Crippen LogP contribution >= 0.6 is 0 Å². The SMILES string of the molecule is Cc1cc(N(C)C)nc(N[C@H]2C[C@@H](C(=O)N(C)C)N(C(=O)Cc3ccc(OC(F)(F)F)cc3)C2)n1. The Labute approximate surface area is 201 Å². The van der Waals surface area contributed by atoms with E-state index in [1.54, 1.807) is 14.1 Å². The molecule has 2 heterocycles. The predicted molar refractivity (Wildman–Crippen MR) is 124 cm³/mol. The van der Waals surface area contributed by atoms with Crippen molar-refractivity contribution in [1.82, 2.24) is 19.8 Å². The topological polar surface area (TPSA) is 90.9 Å². The number of alkyl halides is 3. The van der Waals surface area contributed by atoms with E-state index in [-0.39, 0.29) is 36.6 Å². The molecule has 1 aliphatic rings. The standard InChI is InChI=1S/C23H29F3N6O3/c1-14-10-19(30(2)3)29-22(27-14)28-16-12-18(21(34)31(4)5)32(13-16)20(33)11-15-6-8-17(9-7-15)35-23(24,25)26/h6-10,16,18H,11-13H2,1-5H3,(H,27,28,29)/t16-,18-/m0/s1. The van der Waals surface area contributed by atoms with Crippen LogP contribution in [0.2, 0.25) is 0 Å².